The number of hydrogen-bond acceptors (Lipinski definition) is 2. The molecule has 0 aliphatic rings. The van der Waals surface area contributed by atoms with E-state index in [1.165, 1.54) is 0 Å². The molecule has 0 unspecified atom stereocenters. The van der Waals surface area contributed by atoms with Crippen LogP contribution in [-0.2, 0) is 6.54 Å². The number of rotatable bonds is 3. The first-order valence-corrected chi connectivity index (χ1v) is 6.71. The zero-order valence-electron chi connectivity index (χ0n) is 8.95. The Morgan fingerprint density at radius 3 is 2.59 bits per heavy atom. The van der Waals surface area contributed by atoms with Crippen LogP contribution >= 0.6 is 31.9 Å². The Labute approximate surface area is 117 Å². The van der Waals surface area contributed by atoms with E-state index < -0.39 is 0 Å². The molecule has 0 aliphatic heterocycles. The highest BCUT2D eigenvalue weighted by atomic mass is 79.9. The van der Waals surface area contributed by atoms with Crippen LogP contribution in [0.5, 0.6) is 5.75 Å². The molecule has 2 nitrogen and oxygen atoms in total. The second-order valence-electron chi connectivity index (χ2n) is 3.61. The van der Waals surface area contributed by atoms with E-state index in [4.69, 9.17) is 0 Å². The summed E-state index contributed by atoms with van der Waals surface area (Å²) in [5, 5.41) is 12.9. The number of benzene rings is 2. The summed E-state index contributed by atoms with van der Waals surface area (Å²) >= 11 is 6.90. The molecular weight excluding hydrogens is 346 g/mol. The van der Waals surface area contributed by atoms with Crippen LogP contribution in [0.15, 0.2) is 51.4 Å². The summed E-state index contributed by atoms with van der Waals surface area (Å²) < 4.78 is 2.01. The Bertz CT molecular complexity index is 529. The van der Waals surface area contributed by atoms with E-state index in [1.807, 2.05) is 36.4 Å². The summed E-state index contributed by atoms with van der Waals surface area (Å²) in [6.45, 7) is 0.585. The van der Waals surface area contributed by atoms with Gasteiger partial charge in [0.2, 0.25) is 0 Å². The Hall–Kier alpha value is -1.000. The number of para-hydroxylation sites is 1. The van der Waals surface area contributed by atoms with Gasteiger partial charge in [0.25, 0.3) is 0 Å². The van der Waals surface area contributed by atoms with Gasteiger partial charge in [-0.1, -0.05) is 34.1 Å². The lowest BCUT2D eigenvalue weighted by molar-refractivity contribution is 0.469. The molecule has 2 N–H and O–H groups in total. The predicted octanol–water partition coefficient (Wildman–Crippen LogP) is 4.53. The van der Waals surface area contributed by atoms with Gasteiger partial charge >= 0.3 is 0 Å². The first-order valence-electron chi connectivity index (χ1n) is 5.12. The van der Waals surface area contributed by atoms with Gasteiger partial charge < -0.3 is 10.4 Å². The Kier molecular flexibility index (Phi) is 4.07. The van der Waals surface area contributed by atoms with E-state index in [9.17, 15) is 5.11 Å². The van der Waals surface area contributed by atoms with Crippen molar-refractivity contribution in [2.24, 2.45) is 0 Å². The highest BCUT2D eigenvalue weighted by Gasteiger charge is 2.02. The summed E-state index contributed by atoms with van der Waals surface area (Å²) in [7, 11) is 0. The maximum Gasteiger partial charge on any atom is 0.120 e. The molecule has 4 heteroatoms. The van der Waals surface area contributed by atoms with Gasteiger partial charge in [-0.15, -0.1) is 0 Å². The number of phenolic OH excluding ortho intramolecular Hbond substituents is 1. The minimum Gasteiger partial charge on any atom is -0.508 e. The lowest BCUT2D eigenvalue weighted by Gasteiger charge is -2.10. The van der Waals surface area contributed by atoms with E-state index in [1.54, 1.807) is 6.07 Å². The minimum absolute atomic E-state index is 0.311. The predicted molar refractivity (Wildman–Crippen MR) is 77.3 cm³/mol. The minimum atomic E-state index is 0.311. The summed E-state index contributed by atoms with van der Waals surface area (Å²) in [6.07, 6.45) is 0. The van der Waals surface area contributed by atoms with Crippen LogP contribution in [0.4, 0.5) is 5.69 Å². The standard InChI is InChI=1S/C13H11Br2NO/c14-10-5-6-11(15)12(7-10)16-8-9-3-1-2-4-13(9)17/h1-7,16-17H,8H2. The normalized spacial score (nSPS) is 10.2. The number of anilines is 1. The third-order valence-corrected chi connectivity index (χ3v) is 3.57. The van der Waals surface area contributed by atoms with Gasteiger partial charge in [-0.25, -0.2) is 0 Å². The molecule has 2 aromatic carbocycles. The van der Waals surface area contributed by atoms with Gasteiger partial charge in [-0.05, 0) is 40.2 Å². The first kappa shape index (κ1) is 12.5. The van der Waals surface area contributed by atoms with Crippen LogP contribution in [0.25, 0.3) is 0 Å². The molecule has 2 rings (SSSR count). The Balaban J connectivity index is 2.12. The molecule has 0 spiro atoms. The number of aromatic hydroxyl groups is 1. The number of phenols is 1. The van der Waals surface area contributed by atoms with E-state index >= 15 is 0 Å². The molecule has 0 fully saturated rings. The maximum atomic E-state index is 9.65. The van der Waals surface area contributed by atoms with Gasteiger partial charge in [0.1, 0.15) is 5.75 Å². The molecule has 0 radical (unpaired) electrons. The zero-order chi connectivity index (χ0) is 12.3. The molecule has 0 saturated heterocycles. The van der Waals surface area contributed by atoms with Crippen molar-refractivity contribution in [3.05, 3.63) is 57.0 Å². The Morgan fingerprint density at radius 1 is 1.06 bits per heavy atom. The summed E-state index contributed by atoms with van der Waals surface area (Å²) in [6, 6.07) is 13.2. The van der Waals surface area contributed by atoms with Gasteiger partial charge in [-0.3, -0.25) is 0 Å². The summed E-state index contributed by atoms with van der Waals surface area (Å²) in [5.41, 5.74) is 1.86. The third-order valence-electron chi connectivity index (χ3n) is 2.39. The largest absolute Gasteiger partial charge is 0.508 e. The average molecular weight is 357 g/mol. The fourth-order valence-electron chi connectivity index (χ4n) is 1.48. The van der Waals surface area contributed by atoms with Crippen LogP contribution in [-0.4, -0.2) is 5.11 Å². The van der Waals surface area contributed by atoms with Crippen molar-refractivity contribution < 1.29 is 5.11 Å². The van der Waals surface area contributed by atoms with Crippen molar-refractivity contribution >= 4 is 37.5 Å². The topological polar surface area (TPSA) is 32.3 Å². The van der Waals surface area contributed by atoms with Crippen LogP contribution in [0.3, 0.4) is 0 Å². The molecule has 0 aliphatic carbocycles. The Morgan fingerprint density at radius 2 is 1.82 bits per heavy atom. The molecule has 0 saturated carbocycles. The molecule has 2 aromatic rings. The number of nitrogens with one attached hydrogen (secondary N) is 1. The molecule has 17 heavy (non-hydrogen) atoms. The van der Waals surface area contributed by atoms with Gasteiger partial charge in [0.05, 0.1) is 0 Å². The van der Waals surface area contributed by atoms with E-state index in [-0.39, 0.29) is 0 Å². The molecule has 0 atom stereocenters. The second-order valence-corrected chi connectivity index (χ2v) is 5.38. The molecule has 0 aromatic heterocycles. The maximum absolute atomic E-state index is 9.65. The molecule has 0 bridgehead atoms. The van der Waals surface area contributed by atoms with Crippen molar-refractivity contribution in [1.82, 2.24) is 0 Å². The third kappa shape index (κ3) is 3.23. The highest BCUT2D eigenvalue weighted by Crippen LogP contribution is 2.27. The lowest BCUT2D eigenvalue weighted by Crippen LogP contribution is -2.00. The monoisotopic (exact) mass is 355 g/mol. The molecule has 0 heterocycles. The quantitative estimate of drug-likeness (QED) is 0.846. The van der Waals surface area contributed by atoms with Crippen LogP contribution in [0.2, 0.25) is 0 Å². The van der Waals surface area contributed by atoms with E-state index in [0.29, 0.717) is 12.3 Å². The van der Waals surface area contributed by atoms with Crippen molar-refractivity contribution in [2.45, 2.75) is 6.54 Å². The average Bonchev–Trinajstić information content (AvgIpc) is 2.32. The van der Waals surface area contributed by atoms with Crippen LogP contribution < -0.4 is 5.32 Å². The van der Waals surface area contributed by atoms with Crippen LogP contribution in [0, 0.1) is 0 Å². The molecule has 88 valence electrons. The SMILES string of the molecule is Oc1ccccc1CNc1cc(Br)ccc1Br. The summed E-state index contributed by atoms with van der Waals surface area (Å²) in [5.74, 6) is 0.311. The number of hydrogen-bond donors (Lipinski definition) is 2. The van der Waals surface area contributed by atoms with Crippen molar-refractivity contribution in [1.29, 1.82) is 0 Å². The van der Waals surface area contributed by atoms with Crippen molar-refractivity contribution in [2.75, 3.05) is 5.32 Å². The van der Waals surface area contributed by atoms with E-state index in [2.05, 4.69) is 37.2 Å². The number of halogens is 2. The smallest absolute Gasteiger partial charge is 0.120 e. The van der Waals surface area contributed by atoms with Crippen molar-refractivity contribution in [3.63, 3.8) is 0 Å². The molecule has 0 amide bonds. The van der Waals surface area contributed by atoms with Gasteiger partial charge in [0, 0.05) is 26.7 Å². The van der Waals surface area contributed by atoms with Crippen LogP contribution in [0.1, 0.15) is 5.56 Å². The van der Waals surface area contributed by atoms with Gasteiger partial charge in [-0.2, -0.15) is 0 Å². The van der Waals surface area contributed by atoms with Gasteiger partial charge in [0.15, 0.2) is 0 Å². The summed E-state index contributed by atoms with van der Waals surface area (Å²) in [4.78, 5) is 0. The second kappa shape index (κ2) is 5.56. The fourth-order valence-corrected chi connectivity index (χ4v) is 2.23. The lowest BCUT2D eigenvalue weighted by atomic mass is 10.2. The zero-order valence-corrected chi connectivity index (χ0v) is 12.1. The van der Waals surface area contributed by atoms with Crippen molar-refractivity contribution in [3.8, 4) is 5.75 Å². The molecular formula is C13H11Br2NO. The first-order chi connectivity index (χ1) is 8.16. The highest BCUT2D eigenvalue weighted by molar-refractivity contribution is 9.11. The van der Waals surface area contributed by atoms with E-state index in [0.717, 1.165) is 20.2 Å². The fraction of sp³-hybridized carbons (Fsp3) is 0.0769.